The third kappa shape index (κ3) is 4.25. The molecule has 2 rings (SSSR count). The summed E-state index contributed by atoms with van der Waals surface area (Å²) in [6.07, 6.45) is -0.180. The number of para-hydroxylation sites is 2. The monoisotopic (exact) mass is 328 g/mol. The Balaban J connectivity index is 2.07. The average molecular weight is 328 g/mol. The second-order valence-electron chi connectivity index (χ2n) is 5.10. The van der Waals surface area contributed by atoms with E-state index in [9.17, 15) is 9.59 Å². The van der Waals surface area contributed by atoms with E-state index in [1.807, 2.05) is 19.1 Å². The lowest BCUT2D eigenvalue weighted by Gasteiger charge is -2.18. The van der Waals surface area contributed by atoms with Crippen LogP contribution in [0.2, 0.25) is 0 Å². The molecule has 0 fully saturated rings. The Morgan fingerprint density at radius 3 is 2.25 bits per heavy atom. The first-order valence-corrected chi connectivity index (χ1v) is 7.55. The lowest BCUT2D eigenvalue weighted by molar-refractivity contribution is -0.122. The molecule has 0 aliphatic heterocycles. The van der Waals surface area contributed by atoms with Crippen LogP contribution < -0.4 is 20.5 Å². The minimum atomic E-state index is -0.669. The van der Waals surface area contributed by atoms with E-state index in [1.165, 1.54) is 0 Å². The summed E-state index contributed by atoms with van der Waals surface area (Å²) in [7, 11) is 1.55. The maximum atomic E-state index is 12.4. The first-order valence-electron chi connectivity index (χ1n) is 7.55. The van der Waals surface area contributed by atoms with Crippen LogP contribution >= 0.6 is 0 Å². The van der Waals surface area contributed by atoms with Crippen molar-refractivity contribution in [2.75, 3.05) is 12.4 Å². The number of benzene rings is 2. The van der Waals surface area contributed by atoms with E-state index in [4.69, 9.17) is 15.2 Å². The van der Waals surface area contributed by atoms with Crippen LogP contribution in [-0.4, -0.2) is 25.0 Å². The maximum absolute atomic E-state index is 12.4. The van der Waals surface area contributed by atoms with E-state index < -0.39 is 12.0 Å². The molecule has 0 spiro atoms. The Morgan fingerprint density at radius 2 is 1.71 bits per heavy atom. The maximum Gasteiger partial charge on any atom is 0.265 e. The number of nitrogens with one attached hydrogen (secondary N) is 1. The molecular formula is C18H20N2O4. The Morgan fingerprint density at radius 1 is 1.08 bits per heavy atom. The van der Waals surface area contributed by atoms with Gasteiger partial charge in [-0.1, -0.05) is 19.1 Å². The molecule has 24 heavy (non-hydrogen) atoms. The smallest absolute Gasteiger partial charge is 0.265 e. The summed E-state index contributed by atoms with van der Waals surface area (Å²) >= 11 is 0. The average Bonchev–Trinajstić information content (AvgIpc) is 2.60. The lowest BCUT2D eigenvalue weighted by Crippen LogP contribution is -2.32. The first-order chi connectivity index (χ1) is 11.5. The Kier molecular flexibility index (Phi) is 5.78. The SMILES string of the molecule is CC[C@@H](Oc1ccccc1OC)C(=O)Nc1ccc(C(N)=O)cc1. The van der Waals surface area contributed by atoms with Crippen molar-refractivity contribution >= 4 is 17.5 Å². The molecule has 0 bridgehead atoms. The second-order valence-corrected chi connectivity index (χ2v) is 5.10. The zero-order valence-corrected chi connectivity index (χ0v) is 13.6. The number of primary amides is 1. The molecule has 0 aliphatic carbocycles. The van der Waals surface area contributed by atoms with Gasteiger partial charge in [0.15, 0.2) is 17.6 Å². The van der Waals surface area contributed by atoms with Crippen molar-refractivity contribution in [1.29, 1.82) is 0 Å². The molecule has 0 heterocycles. The lowest BCUT2D eigenvalue weighted by atomic mass is 10.2. The molecule has 0 radical (unpaired) electrons. The van der Waals surface area contributed by atoms with Gasteiger partial charge >= 0.3 is 0 Å². The topological polar surface area (TPSA) is 90.7 Å². The number of anilines is 1. The zero-order chi connectivity index (χ0) is 17.5. The number of ether oxygens (including phenoxy) is 2. The van der Waals surface area contributed by atoms with Crippen molar-refractivity contribution < 1.29 is 19.1 Å². The van der Waals surface area contributed by atoms with Crippen LogP contribution in [0.4, 0.5) is 5.69 Å². The van der Waals surface area contributed by atoms with Crippen molar-refractivity contribution in [2.24, 2.45) is 5.73 Å². The molecule has 2 aromatic rings. The van der Waals surface area contributed by atoms with Crippen LogP contribution in [0.1, 0.15) is 23.7 Å². The van der Waals surface area contributed by atoms with E-state index in [2.05, 4.69) is 5.32 Å². The van der Waals surface area contributed by atoms with Crippen LogP contribution in [0.15, 0.2) is 48.5 Å². The van der Waals surface area contributed by atoms with Crippen molar-refractivity contribution in [3.8, 4) is 11.5 Å². The van der Waals surface area contributed by atoms with Gasteiger partial charge < -0.3 is 20.5 Å². The van der Waals surface area contributed by atoms with Gasteiger partial charge in [0.2, 0.25) is 5.91 Å². The number of nitrogens with two attached hydrogens (primary N) is 1. The summed E-state index contributed by atoms with van der Waals surface area (Å²) in [5, 5.41) is 2.76. The Labute approximate surface area is 140 Å². The summed E-state index contributed by atoms with van der Waals surface area (Å²) in [6, 6.07) is 13.5. The molecule has 3 N–H and O–H groups in total. The highest BCUT2D eigenvalue weighted by Gasteiger charge is 2.20. The number of methoxy groups -OCH3 is 1. The Hall–Kier alpha value is -3.02. The molecule has 0 aromatic heterocycles. The van der Waals surface area contributed by atoms with E-state index in [-0.39, 0.29) is 5.91 Å². The number of carbonyl (C=O) groups is 2. The number of hydrogen-bond donors (Lipinski definition) is 2. The van der Waals surface area contributed by atoms with Gasteiger partial charge in [0, 0.05) is 11.3 Å². The quantitative estimate of drug-likeness (QED) is 0.817. The molecule has 0 aliphatic rings. The highest BCUT2D eigenvalue weighted by molar-refractivity contribution is 5.96. The number of rotatable bonds is 7. The molecule has 0 saturated heterocycles. The molecule has 2 aromatic carbocycles. The van der Waals surface area contributed by atoms with Gasteiger partial charge in [0.05, 0.1) is 7.11 Å². The van der Waals surface area contributed by atoms with E-state index >= 15 is 0 Å². The van der Waals surface area contributed by atoms with E-state index in [1.54, 1.807) is 43.5 Å². The minimum absolute atomic E-state index is 0.282. The zero-order valence-electron chi connectivity index (χ0n) is 13.6. The molecule has 126 valence electrons. The summed E-state index contributed by atoms with van der Waals surface area (Å²) < 4.78 is 11.0. The third-order valence-electron chi connectivity index (χ3n) is 3.44. The molecule has 0 unspecified atom stereocenters. The van der Waals surface area contributed by atoms with E-state index in [0.29, 0.717) is 29.2 Å². The van der Waals surface area contributed by atoms with Crippen LogP contribution in [0.25, 0.3) is 0 Å². The summed E-state index contributed by atoms with van der Waals surface area (Å²) in [6.45, 7) is 1.86. The van der Waals surface area contributed by atoms with Gasteiger partial charge in [-0.05, 0) is 42.8 Å². The van der Waals surface area contributed by atoms with Crippen LogP contribution in [0.3, 0.4) is 0 Å². The van der Waals surface area contributed by atoms with Crippen LogP contribution in [0.5, 0.6) is 11.5 Å². The summed E-state index contributed by atoms with van der Waals surface area (Å²) in [5.74, 6) is 0.273. The molecule has 6 heteroatoms. The second kappa shape index (κ2) is 8.01. The molecular weight excluding hydrogens is 308 g/mol. The predicted molar refractivity (Wildman–Crippen MR) is 91.3 cm³/mol. The predicted octanol–water partition coefficient (Wildman–Crippen LogP) is 2.59. The van der Waals surface area contributed by atoms with Gasteiger partial charge in [-0.3, -0.25) is 9.59 Å². The van der Waals surface area contributed by atoms with Crippen molar-refractivity contribution in [3.05, 3.63) is 54.1 Å². The summed E-state index contributed by atoms with van der Waals surface area (Å²) in [4.78, 5) is 23.5. The highest BCUT2D eigenvalue weighted by Crippen LogP contribution is 2.27. The van der Waals surface area contributed by atoms with Gasteiger partial charge in [-0.25, -0.2) is 0 Å². The van der Waals surface area contributed by atoms with Crippen molar-refractivity contribution in [2.45, 2.75) is 19.4 Å². The minimum Gasteiger partial charge on any atom is -0.493 e. The fraction of sp³-hybridized carbons (Fsp3) is 0.222. The highest BCUT2D eigenvalue weighted by atomic mass is 16.5. The normalized spacial score (nSPS) is 11.4. The first kappa shape index (κ1) is 17.3. The molecule has 0 saturated carbocycles. The number of amides is 2. The number of hydrogen-bond acceptors (Lipinski definition) is 4. The molecule has 1 atom stereocenters. The Bertz CT molecular complexity index is 713. The van der Waals surface area contributed by atoms with Crippen molar-refractivity contribution in [3.63, 3.8) is 0 Å². The summed E-state index contributed by atoms with van der Waals surface area (Å²) in [5.41, 5.74) is 6.13. The van der Waals surface area contributed by atoms with Crippen LogP contribution in [0, 0.1) is 0 Å². The fourth-order valence-electron chi connectivity index (χ4n) is 2.13. The van der Waals surface area contributed by atoms with Gasteiger partial charge in [0.25, 0.3) is 5.91 Å². The molecule has 2 amide bonds. The third-order valence-corrected chi connectivity index (χ3v) is 3.44. The van der Waals surface area contributed by atoms with Crippen molar-refractivity contribution in [1.82, 2.24) is 0 Å². The largest absolute Gasteiger partial charge is 0.493 e. The standard InChI is InChI=1S/C18H20N2O4/c1-3-14(24-16-7-5-4-6-15(16)23-2)18(22)20-13-10-8-12(9-11-13)17(19)21/h4-11,14H,3H2,1-2H3,(H2,19,21)(H,20,22)/t14-/m1/s1. The molecule has 6 nitrogen and oxygen atoms in total. The fourth-order valence-corrected chi connectivity index (χ4v) is 2.13. The van der Waals surface area contributed by atoms with Gasteiger partial charge in [-0.15, -0.1) is 0 Å². The van der Waals surface area contributed by atoms with Gasteiger partial charge in [0.1, 0.15) is 0 Å². The van der Waals surface area contributed by atoms with E-state index in [0.717, 1.165) is 0 Å². The number of carbonyl (C=O) groups excluding carboxylic acids is 2. The van der Waals surface area contributed by atoms with Crippen LogP contribution in [-0.2, 0) is 4.79 Å². The van der Waals surface area contributed by atoms with Gasteiger partial charge in [-0.2, -0.15) is 0 Å².